The lowest BCUT2D eigenvalue weighted by atomic mass is 10.2. The van der Waals surface area contributed by atoms with Crippen molar-refractivity contribution >= 4 is 19.8 Å². The van der Waals surface area contributed by atoms with Crippen molar-refractivity contribution in [1.82, 2.24) is 0 Å². The van der Waals surface area contributed by atoms with Crippen LogP contribution >= 0.6 is 7.92 Å². The summed E-state index contributed by atoms with van der Waals surface area (Å²) in [4.78, 5) is 4.53. The van der Waals surface area contributed by atoms with Crippen molar-refractivity contribution in [2.75, 3.05) is 6.16 Å². The Labute approximate surface area is 120 Å². The first kappa shape index (κ1) is 16.4. The summed E-state index contributed by atoms with van der Waals surface area (Å²) in [5.74, 6) is 0. The molecule has 0 saturated carbocycles. The zero-order valence-corrected chi connectivity index (χ0v) is 14.2. The third kappa shape index (κ3) is 5.87. The van der Waals surface area contributed by atoms with Crippen LogP contribution in [0, 0.1) is 0 Å². The summed E-state index contributed by atoms with van der Waals surface area (Å²) >= 11 is 0. The highest BCUT2D eigenvalue weighted by molar-refractivity contribution is 7.60. The fourth-order valence-electron chi connectivity index (χ4n) is 2.55. The summed E-state index contributed by atoms with van der Waals surface area (Å²) in [6.07, 6.45) is 4.43. The Hall–Kier alpha value is -0.680. The third-order valence-electron chi connectivity index (χ3n) is 3.10. The first-order chi connectivity index (χ1) is 8.71. The smallest absolute Gasteiger partial charge is 0.0625 e. The number of benzene rings is 1. The van der Waals surface area contributed by atoms with Crippen LogP contribution in [0.1, 0.15) is 48.0 Å². The van der Waals surface area contributed by atoms with Crippen LogP contribution in [0.25, 0.3) is 0 Å². The van der Waals surface area contributed by atoms with Crippen molar-refractivity contribution in [3.63, 3.8) is 0 Å². The van der Waals surface area contributed by atoms with E-state index < -0.39 is 0 Å². The van der Waals surface area contributed by atoms with Crippen LogP contribution < -0.4 is 0 Å². The fraction of sp³-hybridized carbons (Fsp3) is 0.588. The first-order valence-corrected chi connectivity index (χ1v) is 8.59. The van der Waals surface area contributed by atoms with Gasteiger partial charge < -0.3 is 0 Å². The molecule has 0 bridgehead atoms. The van der Waals surface area contributed by atoms with Crippen LogP contribution in [0.2, 0.25) is 0 Å². The van der Waals surface area contributed by atoms with Crippen molar-refractivity contribution in [3.05, 3.63) is 30.3 Å². The van der Waals surface area contributed by atoms with Gasteiger partial charge in [-0.1, -0.05) is 67.7 Å². The van der Waals surface area contributed by atoms with E-state index >= 15 is 0 Å². The van der Waals surface area contributed by atoms with E-state index in [1.54, 1.807) is 0 Å². The molecule has 0 atom stereocenters. The Morgan fingerprint density at radius 1 is 0.947 bits per heavy atom. The summed E-state index contributed by atoms with van der Waals surface area (Å²) < 4.78 is 0. The molecule has 2 heteroatoms. The van der Waals surface area contributed by atoms with E-state index in [0.717, 1.165) is 12.1 Å². The van der Waals surface area contributed by atoms with Gasteiger partial charge in [0.25, 0.3) is 0 Å². The molecule has 1 aromatic carbocycles. The predicted molar refractivity (Wildman–Crippen MR) is 90.5 cm³/mol. The lowest BCUT2D eigenvalue weighted by Gasteiger charge is -2.41. The number of nitrogens with zero attached hydrogens (tertiary/aromatic N) is 1. The second-order valence-electron chi connectivity index (χ2n) is 6.93. The summed E-state index contributed by atoms with van der Waals surface area (Å²) in [6.45, 7) is 14.2. The van der Waals surface area contributed by atoms with E-state index in [-0.39, 0.29) is 7.92 Å². The number of hydrogen-bond acceptors (Lipinski definition) is 1. The minimum absolute atomic E-state index is 0.0145. The molecule has 106 valence electrons. The van der Waals surface area contributed by atoms with Gasteiger partial charge in [0.15, 0.2) is 0 Å². The van der Waals surface area contributed by atoms with E-state index in [0.29, 0.717) is 10.3 Å². The first-order valence-electron chi connectivity index (χ1n) is 7.06. The SMILES string of the molecule is CC(C)(C)P(CCC=Nc1ccccc1)C(C)(C)C. The maximum absolute atomic E-state index is 4.53. The van der Waals surface area contributed by atoms with Crippen molar-refractivity contribution in [1.29, 1.82) is 0 Å². The Balaban J connectivity index is 2.57. The van der Waals surface area contributed by atoms with E-state index in [1.807, 2.05) is 30.3 Å². The Morgan fingerprint density at radius 2 is 1.47 bits per heavy atom. The highest BCUT2D eigenvalue weighted by Gasteiger charge is 2.33. The standard InChI is InChI=1S/C17H28NP/c1-16(2,3)19(17(4,5)6)14-10-13-18-15-11-8-7-9-12-15/h7-9,11-13H,10,14H2,1-6H3. The molecule has 0 amide bonds. The van der Waals surface area contributed by atoms with Crippen LogP contribution in [0.5, 0.6) is 0 Å². The van der Waals surface area contributed by atoms with E-state index in [1.165, 1.54) is 6.16 Å². The van der Waals surface area contributed by atoms with Crippen molar-refractivity contribution in [3.8, 4) is 0 Å². The average molecular weight is 277 g/mol. The molecule has 0 aliphatic rings. The van der Waals surface area contributed by atoms with Gasteiger partial charge in [-0.3, -0.25) is 4.99 Å². The predicted octanol–water partition coefficient (Wildman–Crippen LogP) is 5.86. The molecule has 0 saturated heterocycles. The molecule has 0 N–H and O–H groups in total. The molecule has 0 radical (unpaired) electrons. The van der Waals surface area contributed by atoms with Gasteiger partial charge in [-0.15, -0.1) is 0 Å². The maximum Gasteiger partial charge on any atom is 0.0625 e. The number of aliphatic imine (C=N–C) groups is 1. The molecule has 0 heterocycles. The number of rotatable bonds is 4. The number of para-hydroxylation sites is 1. The highest BCUT2D eigenvalue weighted by Crippen LogP contribution is 2.59. The Morgan fingerprint density at radius 3 is 1.95 bits per heavy atom. The molecule has 0 fully saturated rings. The lowest BCUT2D eigenvalue weighted by molar-refractivity contribution is 0.704. The van der Waals surface area contributed by atoms with Crippen LogP contribution in [0.15, 0.2) is 35.3 Å². The molecular formula is C17H28NP. The molecule has 19 heavy (non-hydrogen) atoms. The van der Waals surface area contributed by atoms with Crippen LogP contribution in [0.4, 0.5) is 5.69 Å². The molecule has 0 spiro atoms. The zero-order chi connectivity index (χ0) is 14.5. The van der Waals surface area contributed by atoms with E-state index in [4.69, 9.17) is 0 Å². The third-order valence-corrected chi connectivity index (χ3v) is 7.04. The van der Waals surface area contributed by atoms with E-state index in [2.05, 4.69) is 52.7 Å². The molecule has 0 unspecified atom stereocenters. The van der Waals surface area contributed by atoms with Crippen LogP contribution in [0.3, 0.4) is 0 Å². The van der Waals surface area contributed by atoms with Gasteiger partial charge in [0, 0.05) is 6.21 Å². The second-order valence-corrected chi connectivity index (χ2v) is 10.9. The quantitative estimate of drug-likeness (QED) is 0.483. The van der Waals surface area contributed by atoms with Gasteiger partial charge in [0.05, 0.1) is 5.69 Å². The Bertz CT molecular complexity index is 382. The monoisotopic (exact) mass is 277 g/mol. The summed E-state index contributed by atoms with van der Waals surface area (Å²) in [6, 6.07) is 10.2. The summed E-state index contributed by atoms with van der Waals surface area (Å²) in [7, 11) is -0.0145. The minimum atomic E-state index is -0.0145. The van der Waals surface area contributed by atoms with Gasteiger partial charge in [0.1, 0.15) is 0 Å². The zero-order valence-electron chi connectivity index (χ0n) is 13.3. The van der Waals surface area contributed by atoms with Gasteiger partial charge in [0.2, 0.25) is 0 Å². The van der Waals surface area contributed by atoms with Gasteiger partial charge >= 0.3 is 0 Å². The fourth-order valence-corrected chi connectivity index (χ4v) is 6.28. The topological polar surface area (TPSA) is 12.4 Å². The largest absolute Gasteiger partial charge is 0.261 e. The second kappa shape index (κ2) is 6.66. The average Bonchev–Trinajstić information content (AvgIpc) is 2.26. The summed E-state index contributed by atoms with van der Waals surface area (Å²) in [5, 5.41) is 0.822. The molecule has 0 aliphatic carbocycles. The van der Waals surface area contributed by atoms with Crippen LogP contribution in [-0.2, 0) is 0 Å². The summed E-state index contributed by atoms with van der Waals surface area (Å²) in [5.41, 5.74) is 1.05. The maximum atomic E-state index is 4.53. The van der Waals surface area contributed by atoms with Crippen molar-refractivity contribution in [2.45, 2.75) is 58.3 Å². The molecule has 1 rings (SSSR count). The molecule has 0 aromatic heterocycles. The van der Waals surface area contributed by atoms with Gasteiger partial charge in [-0.2, -0.15) is 0 Å². The molecule has 0 aliphatic heterocycles. The van der Waals surface area contributed by atoms with E-state index in [9.17, 15) is 0 Å². The van der Waals surface area contributed by atoms with Gasteiger partial charge in [-0.25, -0.2) is 0 Å². The molecule has 1 aromatic rings. The highest BCUT2D eigenvalue weighted by atomic mass is 31.1. The van der Waals surface area contributed by atoms with Crippen LogP contribution in [-0.4, -0.2) is 22.7 Å². The molecular weight excluding hydrogens is 249 g/mol. The Kier molecular flexibility index (Phi) is 5.74. The molecule has 1 nitrogen and oxygen atoms in total. The van der Waals surface area contributed by atoms with Crippen molar-refractivity contribution in [2.24, 2.45) is 4.99 Å². The number of hydrogen-bond donors (Lipinski definition) is 0. The normalized spacial score (nSPS) is 13.4. The lowest BCUT2D eigenvalue weighted by Crippen LogP contribution is -2.26. The van der Waals surface area contributed by atoms with Crippen molar-refractivity contribution < 1.29 is 0 Å². The van der Waals surface area contributed by atoms with Gasteiger partial charge in [-0.05, 0) is 35.0 Å². The minimum Gasteiger partial charge on any atom is -0.261 e.